The van der Waals surface area contributed by atoms with Gasteiger partial charge in [-0.1, -0.05) is 43.0 Å². The highest BCUT2D eigenvalue weighted by molar-refractivity contribution is 7.82. The predicted octanol–water partition coefficient (Wildman–Crippen LogP) is 7.08. The number of hydrogen-bond acceptors (Lipinski definition) is 5. The van der Waals surface area contributed by atoms with Gasteiger partial charge in [-0.05, 0) is 86.1 Å². The number of piperidine rings is 1. The zero-order valence-electron chi connectivity index (χ0n) is 23.5. The molecule has 0 radical (unpaired) electrons. The van der Waals surface area contributed by atoms with Crippen LogP contribution in [0.25, 0.3) is 10.4 Å². The van der Waals surface area contributed by atoms with E-state index < -0.39 is 17.0 Å². The Hall–Kier alpha value is -2.72. The summed E-state index contributed by atoms with van der Waals surface area (Å²) in [4.78, 5) is 32.1. The first-order valence-corrected chi connectivity index (χ1v) is 17.2. The van der Waals surface area contributed by atoms with Gasteiger partial charge in [0.25, 0.3) is 0 Å². The molecular weight excluding hydrogens is 590 g/mol. The minimum absolute atomic E-state index is 0.0328. The van der Waals surface area contributed by atoms with E-state index in [0.29, 0.717) is 22.2 Å². The Morgan fingerprint density at radius 2 is 1.60 bits per heavy atom. The molecule has 7 nitrogen and oxygen atoms in total. The lowest BCUT2D eigenvalue weighted by Crippen LogP contribution is -2.59. The summed E-state index contributed by atoms with van der Waals surface area (Å²) in [5, 5.41) is 10.8. The SMILES string of the molecule is O=C(O)c1sc(-c2ccc(Cl)cc2)cc1N1C(=O)CN(S(=O)c2ccc(N3CCCCC3)cc2)CC1C1CCCCC1. The summed E-state index contributed by atoms with van der Waals surface area (Å²) in [6.45, 7) is 2.49. The first-order chi connectivity index (χ1) is 20.4. The third kappa shape index (κ3) is 6.16. The number of carboxylic acids is 1. The van der Waals surface area contributed by atoms with E-state index in [1.165, 1.54) is 30.6 Å². The number of hydrogen-bond donors (Lipinski definition) is 1. The van der Waals surface area contributed by atoms with Crippen molar-refractivity contribution in [2.24, 2.45) is 5.92 Å². The predicted molar refractivity (Wildman–Crippen MR) is 170 cm³/mol. The molecule has 2 aliphatic heterocycles. The van der Waals surface area contributed by atoms with Gasteiger partial charge in [-0.25, -0.2) is 13.3 Å². The number of anilines is 2. The number of benzene rings is 2. The molecule has 42 heavy (non-hydrogen) atoms. The van der Waals surface area contributed by atoms with Gasteiger partial charge in [0.15, 0.2) is 0 Å². The molecule has 10 heteroatoms. The molecule has 1 aliphatic carbocycles. The molecule has 1 aromatic heterocycles. The number of piperazine rings is 1. The maximum absolute atomic E-state index is 14.0. The standard InChI is InChI=1S/C32H36ClN3O4S2/c33-24-11-9-23(10-12-24)29-19-27(31(41-29)32(38)39)36-28(22-7-3-1-4-8-22)20-35(21-30(36)37)42(40)26-15-13-25(14-16-26)34-17-5-2-6-18-34/h9-16,19,22,28H,1-8,17-18,20-21H2,(H,38,39). The third-order valence-electron chi connectivity index (χ3n) is 8.79. The van der Waals surface area contributed by atoms with Crippen molar-refractivity contribution in [3.8, 4) is 10.4 Å². The van der Waals surface area contributed by atoms with Crippen LogP contribution in [0.2, 0.25) is 5.02 Å². The summed E-state index contributed by atoms with van der Waals surface area (Å²) < 4.78 is 15.6. The average Bonchev–Trinajstić information content (AvgIpc) is 3.47. The molecule has 1 amide bonds. The zero-order chi connectivity index (χ0) is 29.2. The van der Waals surface area contributed by atoms with Crippen molar-refractivity contribution >= 4 is 57.2 Å². The summed E-state index contributed by atoms with van der Waals surface area (Å²) in [6.07, 6.45) is 8.91. The Bertz CT molecular complexity index is 1450. The van der Waals surface area contributed by atoms with Crippen LogP contribution in [-0.2, 0) is 15.8 Å². The van der Waals surface area contributed by atoms with Gasteiger partial charge >= 0.3 is 5.97 Å². The fraction of sp³-hybridized carbons (Fsp3) is 0.438. The van der Waals surface area contributed by atoms with Gasteiger partial charge in [-0.15, -0.1) is 11.3 Å². The number of carbonyl (C=O) groups is 2. The van der Waals surface area contributed by atoms with Gasteiger partial charge in [0.1, 0.15) is 15.9 Å². The van der Waals surface area contributed by atoms with Crippen molar-refractivity contribution in [2.45, 2.75) is 62.3 Å². The molecule has 6 rings (SSSR count). The quantitative estimate of drug-likeness (QED) is 0.304. The molecule has 3 aliphatic rings. The number of thiophene rings is 1. The fourth-order valence-electron chi connectivity index (χ4n) is 6.63. The van der Waals surface area contributed by atoms with Gasteiger partial charge in [0, 0.05) is 35.2 Å². The highest BCUT2D eigenvalue weighted by atomic mass is 35.5. The van der Waals surface area contributed by atoms with E-state index in [2.05, 4.69) is 4.90 Å². The van der Waals surface area contributed by atoms with E-state index >= 15 is 0 Å². The van der Waals surface area contributed by atoms with Crippen LogP contribution in [0.1, 0.15) is 61.0 Å². The van der Waals surface area contributed by atoms with Crippen LogP contribution >= 0.6 is 22.9 Å². The van der Waals surface area contributed by atoms with E-state index in [0.717, 1.165) is 61.3 Å². The monoisotopic (exact) mass is 625 g/mol. The van der Waals surface area contributed by atoms with Crippen LogP contribution in [-0.4, -0.2) is 57.7 Å². The third-order valence-corrected chi connectivity index (χ3v) is 11.6. The van der Waals surface area contributed by atoms with Crippen LogP contribution in [0.4, 0.5) is 11.4 Å². The Labute approximate surface area is 258 Å². The Morgan fingerprint density at radius 1 is 0.929 bits per heavy atom. The minimum atomic E-state index is -1.50. The Kier molecular flexibility index (Phi) is 9.00. The van der Waals surface area contributed by atoms with Crippen LogP contribution in [0.3, 0.4) is 0 Å². The second-order valence-electron chi connectivity index (χ2n) is 11.5. The maximum atomic E-state index is 14.0. The molecule has 2 aromatic carbocycles. The molecule has 3 heterocycles. The van der Waals surface area contributed by atoms with Crippen LogP contribution in [0.5, 0.6) is 0 Å². The van der Waals surface area contributed by atoms with Crippen LogP contribution < -0.4 is 9.80 Å². The highest BCUT2D eigenvalue weighted by Crippen LogP contribution is 2.42. The molecule has 3 aromatic rings. The molecule has 0 bridgehead atoms. The van der Waals surface area contributed by atoms with Gasteiger partial charge in [0.2, 0.25) is 5.91 Å². The first-order valence-electron chi connectivity index (χ1n) is 14.9. The molecule has 0 spiro atoms. The maximum Gasteiger partial charge on any atom is 0.348 e. The summed E-state index contributed by atoms with van der Waals surface area (Å²) >= 11 is 7.26. The van der Waals surface area contributed by atoms with Gasteiger partial charge in [0.05, 0.1) is 23.2 Å². The van der Waals surface area contributed by atoms with Gasteiger partial charge in [-0.2, -0.15) is 0 Å². The second-order valence-corrected chi connectivity index (χ2v) is 14.5. The van der Waals surface area contributed by atoms with Gasteiger partial charge < -0.3 is 14.9 Å². The molecule has 1 saturated carbocycles. The molecular formula is C32H36ClN3O4S2. The average molecular weight is 626 g/mol. The summed E-state index contributed by atoms with van der Waals surface area (Å²) in [5.41, 5.74) is 2.44. The summed E-state index contributed by atoms with van der Waals surface area (Å²) in [7, 11) is -1.50. The van der Waals surface area contributed by atoms with Crippen LogP contribution in [0, 0.1) is 5.92 Å². The zero-order valence-corrected chi connectivity index (χ0v) is 25.9. The smallest absolute Gasteiger partial charge is 0.348 e. The van der Waals surface area contributed by atoms with Gasteiger partial charge in [-0.3, -0.25) is 4.79 Å². The Morgan fingerprint density at radius 3 is 2.26 bits per heavy atom. The molecule has 1 N–H and O–H groups in total. The first kappa shape index (κ1) is 29.4. The van der Waals surface area contributed by atoms with Crippen LogP contribution in [0.15, 0.2) is 59.5 Å². The number of halogens is 1. The van der Waals surface area contributed by atoms with Crippen molar-refractivity contribution in [1.82, 2.24) is 4.31 Å². The van der Waals surface area contributed by atoms with E-state index in [1.54, 1.807) is 21.3 Å². The van der Waals surface area contributed by atoms with E-state index in [4.69, 9.17) is 11.6 Å². The summed E-state index contributed by atoms with van der Waals surface area (Å²) in [6, 6.07) is 16.8. The lowest BCUT2D eigenvalue weighted by Gasteiger charge is -2.44. The Balaban J connectivity index is 1.29. The lowest BCUT2D eigenvalue weighted by atomic mass is 9.82. The van der Waals surface area contributed by atoms with Crippen molar-refractivity contribution in [2.75, 3.05) is 36.0 Å². The molecule has 2 saturated heterocycles. The highest BCUT2D eigenvalue weighted by Gasteiger charge is 2.42. The van der Waals surface area contributed by atoms with E-state index in [1.807, 2.05) is 42.5 Å². The summed E-state index contributed by atoms with van der Waals surface area (Å²) in [5.74, 6) is -1.05. The normalized spacial score (nSPS) is 21.5. The van der Waals surface area contributed by atoms with Crippen molar-refractivity contribution in [3.05, 3.63) is 64.5 Å². The van der Waals surface area contributed by atoms with E-state index in [9.17, 15) is 18.9 Å². The molecule has 222 valence electrons. The van der Waals surface area contributed by atoms with Crippen molar-refractivity contribution < 1.29 is 18.9 Å². The molecule has 3 fully saturated rings. The van der Waals surface area contributed by atoms with Crippen molar-refractivity contribution in [1.29, 1.82) is 0 Å². The number of amides is 1. The number of rotatable bonds is 7. The second kappa shape index (κ2) is 12.9. The minimum Gasteiger partial charge on any atom is -0.477 e. The number of carbonyl (C=O) groups excluding carboxylic acids is 1. The number of aromatic carboxylic acids is 1. The number of carboxylic acid groups (broad SMARTS) is 1. The van der Waals surface area contributed by atoms with E-state index in [-0.39, 0.29) is 29.3 Å². The topological polar surface area (TPSA) is 81.2 Å². The molecule has 2 unspecified atom stereocenters. The lowest BCUT2D eigenvalue weighted by molar-refractivity contribution is -0.121. The van der Waals surface area contributed by atoms with Crippen molar-refractivity contribution in [3.63, 3.8) is 0 Å². The fourth-order valence-corrected chi connectivity index (χ4v) is 8.93. The molecule has 2 atom stereocenters. The number of nitrogens with zero attached hydrogens (tertiary/aromatic N) is 3. The largest absolute Gasteiger partial charge is 0.477 e.